The lowest BCUT2D eigenvalue weighted by molar-refractivity contribution is -0.123. The molecular weight excluding hydrogens is 449 g/mol. The van der Waals surface area contributed by atoms with Gasteiger partial charge >= 0.3 is 0 Å². The maximum Gasteiger partial charge on any atom is 0.237 e. The molecule has 4 atom stereocenters. The molecule has 0 spiro atoms. The molecule has 1 aliphatic rings. The van der Waals surface area contributed by atoms with Gasteiger partial charge in [-0.05, 0) is 55.7 Å². The molecule has 1 amide bonds. The fraction of sp³-hybridized carbons (Fsp3) is 0.417. The van der Waals surface area contributed by atoms with Gasteiger partial charge in [-0.1, -0.05) is 47.5 Å². The second kappa shape index (κ2) is 9.78. The number of amides is 1. The van der Waals surface area contributed by atoms with Gasteiger partial charge in [0.1, 0.15) is 5.41 Å². The zero-order chi connectivity index (χ0) is 23.5. The van der Waals surface area contributed by atoms with Gasteiger partial charge in [0, 0.05) is 28.0 Å². The van der Waals surface area contributed by atoms with Crippen molar-refractivity contribution in [2.24, 2.45) is 0 Å². The van der Waals surface area contributed by atoms with Crippen LogP contribution in [0.1, 0.15) is 37.3 Å². The first-order chi connectivity index (χ1) is 15.2. The molecule has 0 saturated carbocycles. The Labute approximate surface area is 198 Å². The van der Waals surface area contributed by atoms with Crippen LogP contribution in [0.25, 0.3) is 0 Å². The first-order valence-corrected chi connectivity index (χ1v) is 11.2. The zero-order valence-corrected chi connectivity index (χ0v) is 19.5. The largest absolute Gasteiger partial charge is 0.394 e. The van der Waals surface area contributed by atoms with Gasteiger partial charge < -0.3 is 15.5 Å². The van der Waals surface area contributed by atoms with Crippen LogP contribution in [0.3, 0.4) is 0 Å². The van der Waals surface area contributed by atoms with Gasteiger partial charge in [-0.3, -0.25) is 10.1 Å². The fourth-order valence-electron chi connectivity index (χ4n) is 4.67. The molecule has 6 nitrogen and oxygen atoms in total. The lowest BCUT2D eigenvalue weighted by Crippen LogP contribution is -2.51. The Morgan fingerprint density at radius 1 is 1.22 bits per heavy atom. The summed E-state index contributed by atoms with van der Waals surface area (Å²) in [7, 11) is 0. The number of nitrogens with zero attached hydrogens (tertiary/aromatic N) is 1. The number of nitriles is 1. The Kier molecular flexibility index (Phi) is 7.49. The maximum atomic E-state index is 13.3. The van der Waals surface area contributed by atoms with Crippen LogP contribution in [0.4, 0.5) is 0 Å². The molecule has 1 saturated heterocycles. The van der Waals surface area contributed by atoms with Crippen LogP contribution in [0, 0.1) is 11.3 Å². The highest BCUT2D eigenvalue weighted by atomic mass is 35.5. The molecule has 1 fully saturated rings. The number of rotatable bonds is 7. The summed E-state index contributed by atoms with van der Waals surface area (Å²) in [6.45, 7) is 3.64. The monoisotopic (exact) mass is 475 g/mol. The third-order valence-corrected chi connectivity index (χ3v) is 6.74. The number of aliphatic hydroxyl groups is 2. The van der Waals surface area contributed by atoms with E-state index in [4.69, 9.17) is 28.3 Å². The lowest BCUT2D eigenvalue weighted by atomic mass is 9.60. The topological polar surface area (TPSA) is 105 Å². The number of carbonyl (C=O) groups excluding carboxylic acids is 1. The molecule has 0 aromatic heterocycles. The zero-order valence-electron chi connectivity index (χ0n) is 18.0. The normalized spacial score (nSPS) is 25.2. The van der Waals surface area contributed by atoms with Crippen LogP contribution in [-0.4, -0.2) is 47.0 Å². The molecule has 170 valence electrons. The predicted molar refractivity (Wildman–Crippen MR) is 125 cm³/mol. The summed E-state index contributed by atoms with van der Waals surface area (Å²) in [5, 5.41) is 36.5. The lowest BCUT2D eigenvalue weighted by Gasteiger charge is -2.39. The number of hydrogen-bond donors (Lipinski definition) is 4. The van der Waals surface area contributed by atoms with Crippen molar-refractivity contribution in [3.05, 3.63) is 69.7 Å². The van der Waals surface area contributed by atoms with Crippen LogP contribution in [0.5, 0.6) is 0 Å². The summed E-state index contributed by atoms with van der Waals surface area (Å²) >= 11 is 12.4. The Bertz CT molecular complexity index is 1010. The average Bonchev–Trinajstić information content (AvgIpc) is 3.01. The number of benzene rings is 2. The van der Waals surface area contributed by atoms with E-state index in [2.05, 4.69) is 16.7 Å². The van der Waals surface area contributed by atoms with E-state index in [0.29, 0.717) is 10.0 Å². The fourth-order valence-corrected chi connectivity index (χ4v) is 5.00. The first-order valence-electron chi connectivity index (χ1n) is 10.4. The van der Waals surface area contributed by atoms with Gasteiger partial charge in [-0.15, -0.1) is 0 Å². The molecule has 0 unspecified atom stereocenters. The van der Waals surface area contributed by atoms with E-state index in [-0.39, 0.29) is 25.5 Å². The molecule has 8 heteroatoms. The number of halogens is 2. The minimum Gasteiger partial charge on any atom is -0.394 e. The van der Waals surface area contributed by atoms with Crippen molar-refractivity contribution in [2.75, 3.05) is 13.2 Å². The van der Waals surface area contributed by atoms with Crippen molar-refractivity contribution in [3.8, 4) is 6.07 Å². The Morgan fingerprint density at radius 2 is 1.91 bits per heavy atom. The number of aliphatic hydroxyl groups excluding tert-OH is 2. The smallest absolute Gasteiger partial charge is 0.237 e. The predicted octanol–water partition coefficient (Wildman–Crippen LogP) is 3.15. The number of nitrogens with one attached hydrogen (secondary N) is 2. The van der Waals surface area contributed by atoms with E-state index in [1.165, 1.54) is 0 Å². The maximum absolute atomic E-state index is 13.3. The molecule has 1 heterocycles. The second-order valence-electron chi connectivity index (χ2n) is 8.62. The Balaban J connectivity index is 2.09. The van der Waals surface area contributed by atoms with Crippen molar-refractivity contribution in [3.63, 3.8) is 0 Å². The van der Waals surface area contributed by atoms with Crippen molar-refractivity contribution in [2.45, 2.75) is 49.3 Å². The van der Waals surface area contributed by atoms with E-state index in [9.17, 15) is 15.2 Å². The van der Waals surface area contributed by atoms with Crippen molar-refractivity contribution in [1.82, 2.24) is 10.6 Å². The minimum absolute atomic E-state index is 0.196. The van der Waals surface area contributed by atoms with Gasteiger partial charge in [0.2, 0.25) is 5.91 Å². The van der Waals surface area contributed by atoms with E-state index in [1.807, 2.05) is 32.0 Å². The van der Waals surface area contributed by atoms with Gasteiger partial charge in [0.25, 0.3) is 0 Å². The summed E-state index contributed by atoms with van der Waals surface area (Å²) in [6, 6.07) is 16.1. The second-order valence-corrected chi connectivity index (χ2v) is 9.50. The molecule has 32 heavy (non-hydrogen) atoms. The summed E-state index contributed by atoms with van der Waals surface area (Å²) < 4.78 is 0. The molecule has 2 aromatic carbocycles. The molecule has 4 N–H and O–H groups in total. The number of carbonyl (C=O) groups is 1. The summed E-state index contributed by atoms with van der Waals surface area (Å²) in [5.41, 5.74) is -0.370. The standard InChI is InChI=1S/C24H27Cl2N3O3/c1-23(2)24(14-27,16-6-8-17(25)9-7-16)20(15-4-3-5-18(26)12-15)21(29-23)22(32)28-11-10-19(31)13-30/h3-9,12,19-21,29-31H,10-11,13H2,1-2H3,(H,28,32)/t19-,20-,21+,24+/m0/s1. The van der Waals surface area contributed by atoms with Gasteiger partial charge in [0.05, 0.1) is 24.8 Å². The molecule has 0 aliphatic carbocycles. The van der Waals surface area contributed by atoms with Crippen LogP contribution in [0.2, 0.25) is 10.0 Å². The Morgan fingerprint density at radius 3 is 2.50 bits per heavy atom. The van der Waals surface area contributed by atoms with Gasteiger partial charge in [-0.25, -0.2) is 0 Å². The van der Waals surface area contributed by atoms with Crippen LogP contribution in [-0.2, 0) is 10.2 Å². The summed E-state index contributed by atoms with van der Waals surface area (Å²) in [6.07, 6.45) is -0.680. The van der Waals surface area contributed by atoms with E-state index in [1.54, 1.807) is 30.3 Å². The average molecular weight is 476 g/mol. The highest BCUT2D eigenvalue weighted by Crippen LogP contribution is 2.53. The number of hydrogen-bond acceptors (Lipinski definition) is 5. The van der Waals surface area contributed by atoms with E-state index >= 15 is 0 Å². The molecule has 0 bridgehead atoms. The SMILES string of the molecule is CC1(C)N[C@@H](C(=O)NCC[C@H](O)CO)[C@H](c2cccc(Cl)c2)[C@@]1(C#N)c1ccc(Cl)cc1. The van der Waals surface area contributed by atoms with E-state index in [0.717, 1.165) is 11.1 Å². The molecule has 1 aliphatic heterocycles. The van der Waals surface area contributed by atoms with Gasteiger partial charge in [0.15, 0.2) is 0 Å². The Hall–Kier alpha value is -2.14. The molecule has 2 aromatic rings. The quantitative estimate of drug-likeness (QED) is 0.492. The van der Waals surface area contributed by atoms with Crippen LogP contribution >= 0.6 is 23.2 Å². The van der Waals surface area contributed by atoms with Crippen molar-refractivity contribution >= 4 is 29.1 Å². The third-order valence-electron chi connectivity index (χ3n) is 6.26. The summed E-state index contributed by atoms with van der Waals surface area (Å²) in [5.74, 6) is -0.843. The van der Waals surface area contributed by atoms with Crippen molar-refractivity contribution < 1.29 is 15.0 Å². The van der Waals surface area contributed by atoms with Crippen LogP contribution < -0.4 is 10.6 Å². The van der Waals surface area contributed by atoms with E-state index < -0.39 is 29.0 Å². The minimum atomic E-state index is -1.10. The van der Waals surface area contributed by atoms with Gasteiger partial charge in [-0.2, -0.15) is 5.26 Å². The van der Waals surface area contributed by atoms with Crippen LogP contribution in [0.15, 0.2) is 48.5 Å². The highest BCUT2D eigenvalue weighted by Gasteiger charge is 2.63. The highest BCUT2D eigenvalue weighted by molar-refractivity contribution is 6.30. The first kappa shape index (κ1) is 24.5. The molecular formula is C24H27Cl2N3O3. The molecule has 0 radical (unpaired) electrons. The molecule has 3 rings (SSSR count). The summed E-state index contributed by atoms with van der Waals surface area (Å²) in [4.78, 5) is 13.3. The van der Waals surface area contributed by atoms with Crippen molar-refractivity contribution in [1.29, 1.82) is 5.26 Å². The third kappa shape index (κ3) is 4.50.